The van der Waals surface area contributed by atoms with Crippen molar-refractivity contribution < 1.29 is 9.84 Å². The van der Waals surface area contributed by atoms with Gasteiger partial charge in [-0.05, 0) is 55.0 Å². The second-order valence-corrected chi connectivity index (χ2v) is 6.52. The number of aromatic nitrogens is 3. The molecule has 2 N–H and O–H groups in total. The number of nitrogens with zero attached hydrogens (tertiary/aromatic N) is 3. The van der Waals surface area contributed by atoms with Crippen LogP contribution in [0.5, 0.6) is 17.5 Å². The summed E-state index contributed by atoms with van der Waals surface area (Å²) < 4.78 is 7.08. The molecule has 0 bridgehead atoms. The minimum Gasteiger partial charge on any atom is -0.493 e. The molecule has 0 atom stereocenters. The van der Waals surface area contributed by atoms with Crippen molar-refractivity contribution in [2.24, 2.45) is 0 Å². The van der Waals surface area contributed by atoms with E-state index in [0.29, 0.717) is 40.9 Å². The summed E-state index contributed by atoms with van der Waals surface area (Å²) in [5.74, 6) is 1.38. The first-order valence-corrected chi connectivity index (χ1v) is 8.82. The van der Waals surface area contributed by atoms with Crippen molar-refractivity contribution in [3.8, 4) is 29.3 Å². The van der Waals surface area contributed by atoms with Crippen molar-refractivity contribution in [2.75, 3.05) is 0 Å². The monoisotopic (exact) mass is 362 g/mol. The number of hydrogen-bond donors (Lipinski definition) is 2. The lowest BCUT2D eigenvalue weighted by Crippen LogP contribution is -2.14. The number of ether oxygens (including phenoxy) is 1. The van der Waals surface area contributed by atoms with E-state index >= 15 is 0 Å². The molecule has 1 saturated carbocycles. The fourth-order valence-electron chi connectivity index (χ4n) is 3.06. The van der Waals surface area contributed by atoms with E-state index in [1.54, 1.807) is 24.3 Å². The Kier molecular flexibility index (Phi) is 4.16. The third kappa shape index (κ3) is 3.17. The molecule has 3 aromatic rings. The number of aryl methyl sites for hydroxylation is 1. The number of rotatable bonds is 5. The maximum Gasteiger partial charge on any atom is 0.333 e. The van der Waals surface area contributed by atoms with E-state index in [-0.39, 0.29) is 5.88 Å². The molecule has 2 aromatic heterocycles. The molecule has 27 heavy (non-hydrogen) atoms. The van der Waals surface area contributed by atoms with Gasteiger partial charge in [-0.25, -0.2) is 14.3 Å². The van der Waals surface area contributed by atoms with Crippen LogP contribution >= 0.6 is 0 Å². The van der Waals surface area contributed by atoms with Gasteiger partial charge >= 0.3 is 5.69 Å². The van der Waals surface area contributed by atoms with Crippen LogP contribution in [0.2, 0.25) is 0 Å². The topological polar surface area (TPSA) is 104 Å². The summed E-state index contributed by atoms with van der Waals surface area (Å²) in [6, 6.07) is 10.8. The maximum atomic E-state index is 12.0. The van der Waals surface area contributed by atoms with Crippen molar-refractivity contribution in [1.82, 2.24) is 14.5 Å². The van der Waals surface area contributed by atoms with Crippen molar-refractivity contribution in [1.29, 1.82) is 5.26 Å². The van der Waals surface area contributed by atoms with Gasteiger partial charge in [-0.15, -0.1) is 0 Å². The molecular weight excluding hydrogens is 344 g/mol. The molecule has 1 aromatic carbocycles. The Bertz CT molecular complexity index is 1090. The number of nitriles is 1. The van der Waals surface area contributed by atoms with Crippen molar-refractivity contribution >= 4 is 0 Å². The van der Waals surface area contributed by atoms with Gasteiger partial charge in [0.05, 0.1) is 29.2 Å². The number of benzene rings is 1. The first-order chi connectivity index (χ1) is 13.1. The Hall–Kier alpha value is -3.53. The van der Waals surface area contributed by atoms with Gasteiger partial charge in [0.15, 0.2) is 0 Å². The van der Waals surface area contributed by atoms with Gasteiger partial charge in [0, 0.05) is 6.07 Å². The molecule has 0 saturated heterocycles. The Morgan fingerprint density at radius 3 is 2.78 bits per heavy atom. The zero-order chi connectivity index (χ0) is 19.0. The minimum atomic E-state index is -0.414. The molecule has 1 aliphatic rings. The Labute approximate surface area is 155 Å². The van der Waals surface area contributed by atoms with Crippen molar-refractivity contribution in [3.63, 3.8) is 0 Å². The summed E-state index contributed by atoms with van der Waals surface area (Å²) in [6.45, 7) is 1.85. The SMILES string of the molecule is CCc1[nH]c(=O)n(-c2ccc(Oc3ccc(C#N)cc3C3CC3)nc2)c1O. The third-order valence-corrected chi connectivity index (χ3v) is 4.65. The summed E-state index contributed by atoms with van der Waals surface area (Å²) >= 11 is 0. The van der Waals surface area contributed by atoms with Crippen LogP contribution in [0.4, 0.5) is 0 Å². The summed E-state index contributed by atoms with van der Waals surface area (Å²) in [7, 11) is 0. The lowest BCUT2D eigenvalue weighted by molar-refractivity contribution is 0.433. The molecule has 0 spiro atoms. The van der Waals surface area contributed by atoms with Gasteiger partial charge in [0.2, 0.25) is 11.8 Å². The summed E-state index contributed by atoms with van der Waals surface area (Å²) in [4.78, 5) is 18.9. The van der Waals surface area contributed by atoms with E-state index in [1.165, 1.54) is 10.8 Å². The van der Waals surface area contributed by atoms with Gasteiger partial charge < -0.3 is 14.8 Å². The van der Waals surface area contributed by atoms with Crippen LogP contribution < -0.4 is 10.4 Å². The molecule has 0 amide bonds. The maximum absolute atomic E-state index is 12.0. The first-order valence-electron chi connectivity index (χ1n) is 8.82. The Morgan fingerprint density at radius 1 is 1.37 bits per heavy atom. The highest BCUT2D eigenvalue weighted by Crippen LogP contribution is 2.45. The average Bonchev–Trinajstić information content (AvgIpc) is 3.48. The largest absolute Gasteiger partial charge is 0.493 e. The van der Waals surface area contributed by atoms with E-state index in [2.05, 4.69) is 16.0 Å². The molecule has 2 heterocycles. The molecule has 7 nitrogen and oxygen atoms in total. The van der Waals surface area contributed by atoms with Crippen LogP contribution in [-0.2, 0) is 6.42 Å². The van der Waals surface area contributed by atoms with Gasteiger partial charge in [-0.2, -0.15) is 5.26 Å². The number of hydrogen-bond acceptors (Lipinski definition) is 5. The number of aromatic hydroxyl groups is 1. The Morgan fingerprint density at radius 2 is 2.19 bits per heavy atom. The first kappa shape index (κ1) is 16.9. The predicted octanol–water partition coefficient (Wildman–Crippen LogP) is 3.37. The number of H-pyrrole nitrogens is 1. The van der Waals surface area contributed by atoms with E-state index in [4.69, 9.17) is 10.00 Å². The van der Waals surface area contributed by atoms with Gasteiger partial charge in [0.1, 0.15) is 5.75 Å². The quantitative estimate of drug-likeness (QED) is 0.724. The van der Waals surface area contributed by atoms with E-state index in [1.807, 2.05) is 13.0 Å². The van der Waals surface area contributed by atoms with Crippen LogP contribution in [0.3, 0.4) is 0 Å². The number of aromatic amines is 1. The van der Waals surface area contributed by atoms with E-state index < -0.39 is 5.69 Å². The van der Waals surface area contributed by atoms with Gasteiger partial charge in [-0.1, -0.05) is 6.92 Å². The summed E-state index contributed by atoms with van der Waals surface area (Å²) in [5.41, 5.74) is 2.14. The normalized spacial score (nSPS) is 13.3. The van der Waals surface area contributed by atoms with Crippen LogP contribution in [0.1, 0.15) is 42.5 Å². The third-order valence-electron chi connectivity index (χ3n) is 4.65. The molecule has 1 aliphatic carbocycles. The smallest absolute Gasteiger partial charge is 0.333 e. The highest BCUT2D eigenvalue weighted by Gasteiger charge is 2.27. The fourth-order valence-corrected chi connectivity index (χ4v) is 3.06. The number of imidazole rings is 1. The summed E-state index contributed by atoms with van der Waals surface area (Å²) in [6.07, 6.45) is 4.18. The minimum absolute atomic E-state index is 0.110. The van der Waals surface area contributed by atoms with Crippen LogP contribution in [0, 0.1) is 11.3 Å². The second kappa shape index (κ2) is 6.65. The molecule has 0 unspecified atom stereocenters. The van der Waals surface area contributed by atoms with Crippen molar-refractivity contribution in [2.45, 2.75) is 32.1 Å². The summed E-state index contributed by atoms with van der Waals surface area (Å²) in [5, 5.41) is 19.3. The standard InChI is InChI=1S/C20H18N4O3/c1-2-16-19(25)24(20(26)23-16)14-6-8-18(22-11-14)27-17-7-3-12(10-21)9-15(17)13-4-5-13/h3,6-9,11,13,25H,2,4-5H2,1H3,(H,23,26). The zero-order valence-corrected chi connectivity index (χ0v) is 14.8. The second-order valence-electron chi connectivity index (χ2n) is 6.52. The molecule has 136 valence electrons. The van der Waals surface area contributed by atoms with E-state index in [0.717, 1.165) is 18.4 Å². The Balaban J connectivity index is 1.62. The van der Waals surface area contributed by atoms with E-state index in [9.17, 15) is 9.90 Å². The molecule has 1 fully saturated rings. The number of nitrogens with one attached hydrogen (secondary N) is 1. The molecule has 4 rings (SSSR count). The zero-order valence-electron chi connectivity index (χ0n) is 14.8. The van der Waals surface area contributed by atoms with Gasteiger partial charge in [0.25, 0.3) is 0 Å². The fraction of sp³-hybridized carbons (Fsp3) is 0.250. The molecule has 0 aliphatic heterocycles. The highest BCUT2D eigenvalue weighted by molar-refractivity contribution is 5.47. The average molecular weight is 362 g/mol. The number of pyridine rings is 1. The lowest BCUT2D eigenvalue weighted by Gasteiger charge is -2.11. The lowest BCUT2D eigenvalue weighted by atomic mass is 10.1. The predicted molar refractivity (Wildman–Crippen MR) is 98.4 cm³/mol. The van der Waals surface area contributed by atoms with Crippen LogP contribution in [0.25, 0.3) is 5.69 Å². The van der Waals surface area contributed by atoms with Crippen molar-refractivity contribution in [3.05, 3.63) is 63.8 Å². The molecular formula is C20H18N4O3. The molecule has 0 radical (unpaired) electrons. The van der Waals surface area contributed by atoms with Crippen LogP contribution in [0.15, 0.2) is 41.3 Å². The molecule has 7 heteroatoms. The van der Waals surface area contributed by atoms with Crippen LogP contribution in [-0.4, -0.2) is 19.6 Å². The van der Waals surface area contributed by atoms with Gasteiger partial charge in [-0.3, -0.25) is 0 Å². The highest BCUT2D eigenvalue weighted by atomic mass is 16.5.